The highest BCUT2D eigenvalue weighted by molar-refractivity contribution is 5.93. The molecule has 0 saturated carbocycles. The quantitative estimate of drug-likeness (QED) is 0.401. The van der Waals surface area contributed by atoms with Gasteiger partial charge in [0, 0.05) is 17.3 Å². The van der Waals surface area contributed by atoms with Gasteiger partial charge in [0.05, 0.1) is 0 Å². The van der Waals surface area contributed by atoms with Gasteiger partial charge in [0.25, 0.3) is 0 Å². The second-order valence-corrected chi connectivity index (χ2v) is 7.99. The number of hydrogen-bond acceptors (Lipinski definition) is 2. The third-order valence-electron chi connectivity index (χ3n) is 6.35. The number of pyridine rings is 1. The number of ether oxygens (including phenoxy) is 1. The first-order valence-corrected chi connectivity index (χ1v) is 10.5. The summed E-state index contributed by atoms with van der Waals surface area (Å²) in [6, 6.07) is 22.6. The summed E-state index contributed by atoms with van der Waals surface area (Å²) < 4.78 is 7.80. The number of esters is 1. The first kappa shape index (κ1) is 17.3. The van der Waals surface area contributed by atoms with Crippen LogP contribution in [-0.2, 0) is 24.0 Å². The molecule has 0 fully saturated rings. The van der Waals surface area contributed by atoms with Crippen LogP contribution < -0.4 is 0 Å². The molecule has 0 bridgehead atoms. The van der Waals surface area contributed by atoms with Crippen molar-refractivity contribution in [2.24, 2.45) is 0 Å². The highest BCUT2D eigenvalue weighted by Crippen LogP contribution is 2.40. The number of nitrogens with zero attached hydrogens (tertiary/aromatic N) is 1. The van der Waals surface area contributed by atoms with E-state index < -0.39 is 0 Å². The van der Waals surface area contributed by atoms with Crippen molar-refractivity contribution < 1.29 is 9.53 Å². The van der Waals surface area contributed by atoms with Gasteiger partial charge in [-0.1, -0.05) is 42.5 Å². The minimum Gasteiger partial charge on any atom is -0.422 e. The van der Waals surface area contributed by atoms with E-state index in [1.54, 1.807) is 0 Å². The zero-order valence-electron chi connectivity index (χ0n) is 16.6. The van der Waals surface area contributed by atoms with Crippen molar-refractivity contribution in [2.45, 2.75) is 25.7 Å². The van der Waals surface area contributed by atoms with Crippen molar-refractivity contribution in [2.75, 3.05) is 0 Å². The lowest BCUT2D eigenvalue weighted by atomic mass is 9.79. The molecule has 2 heterocycles. The predicted molar refractivity (Wildman–Crippen MR) is 118 cm³/mol. The van der Waals surface area contributed by atoms with Crippen molar-refractivity contribution in [3.05, 3.63) is 107 Å². The number of allylic oxidation sites excluding steroid dienone is 1. The number of rotatable bonds is 2. The Labute approximate surface area is 175 Å². The van der Waals surface area contributed by atoms with Crippen LogP contribution in [0.4, 0.5) is 0 Å². The lowest BCUT2D eigenvalue weighted by Gasteiger charge is -2.27. The standard InChI is InChI=1S/C27H21NO2/c29-27(25-16-12-19-7-3-4-17-28(19)25)30-26-10-5-9-21-23-13-11-18-6-1-2-8-20(18)22(23)14-15-24(21)26/h1-4,6-8,10,12,14-17H,5,9,11,13H2. The fourth-order valence-electron chi connectivity index (χ4n) is 4.94. The number of benzene rings is 2. The Morgan fingerprint density at radius 1 is 0.767 bits per heavy atom. The van der Waals surface area contributed by atoms with Gasteiger partial charge in [-0.25, -0.2) is 4.79 Å². The molecule has 30 heavy (non-hydrogen) atoms. The van der Waals surface area contributed by atoms with Crippen LogP contribution in [0.2, 0.25) is 0 Å². The van der Waals surface area contributed by atoms with E-state index in [9.17, 15) is 4.79 Å². The molecule has 0 atom stereocenters. The van der Waals surface area contributed by atoms with Gasteiger partial charge in [-0.05, 0) is 83.8 Å². The lowest BCUT2D eigenvalue weighted by Crippen LogP contribution is -2.14. The van der Waals surface area contributed by atoms with E-state index >= 15 is 0 Å². The Morgan fingerprint density at radius 3 is 2.57 bits per heavy atom. The van der Waals surface area contributed by atoms with Crippen molar-refractivity contribution in [3.8, 4) is 11.1 Å². The summed E-state index contributed by atoms with van der Waals surface area (Å²) in [5, 5.41) is 0. The van der Waals surface area contributed by atoms with Crippen LogP contribution in [0, 0.1) is 0 Å². The minimum absolute atomic E-state index is 0.316. The van der Waals surface area contributed by atoms with Crippen LogP contribution >= 0.6 is 0 Å². The van der Waals surface area contributed by atoms with Gasteiger partial charge in [-0.15, -0.1) is 0 Å². The Morgan fingerprint density at radius 2 is 1.60 bits per heavy atom. The maximum atomic E-state index is 13.0. The minimum atomic E-state index is -0.316. The van der Waals surface area contributed by atoms with Crippen LogP contribution in [0.1, 0.15) is 39.2 Å². The van der Waals surface area contributed by atoms with Gasteiger partial charge in [-0.2, -0.15) is 0 Å². The van der Waals surface area contributed by atoms with Crippen LogP contribution in [0.3, 0.4) is 0 Å². The Bertz CT molecular complexity index is 1340. The van der Waals surface area contributed by atoms with E-state index in [4.69, 9.17) is 4.74 Å². The van der Waals surface area contributed by atoms with E-state index in [0.717, 1.165) is 36.8 Å². The van der Waals surface area contributed by atoms with Crippen LogP contribution in [0.15, 0.2) is 79.0 Å². The second kappa shape index (κ2) is 6.74. The number of carbonyl (C=O) groups excluding carboxylic acids is 1. The first-order chi connectivity index (χ1) is 14.8. The van der Waals surface area contributed by atoms with E-state index in [2.05, 4.69) is 42.5 Å². The molecule has 0 unspecified atom stereocenters. The summed E-state index contributed by atoms with van der Waals surface area (Å²) >= 11 is 0. The van der Waals surface area contributed by atoms with Crippen LogP contribution in [-0.4, -0.2) is 10.4 Å². The maximum Gasteiger partial charge on any atom is 0.360 e. The zero-order chi connectivity index (χ0) is 20.1. The molecular formula is C27H21NO2. The Hall–Kier alpha value is -3.59. The average Bonchev–Trinajstić information content (AvgIpc) is 3.23. The van der Waals surface area contributed by atoms with Gasteiger partial charge in [0.2, 0.25) is 0 Å². The molecule has 146 valence electrons. The fourth-order valence-corrected chi connectivity index (χ4v) is 4.94. The van der Waals surface area contributed by atoms with Gasteiger partial charge >= 0.3 is 5.97 Å². The highest BCUT2D eigenvalue weighted by atomic mass is 16.5. The summed E-state index contributed by atoms with van der Waals surface area (Å²) in [4.78, 5) is 13.0. The van der Waals surface area contributed by atoms with Gasteiger partial charge < -0.3 is 9.14 Å². The normalized spacial score (nSPS) is 14.5. The highest BCUT2D eigenvalue weighted by Gasteiger charge is 2.25. The van der Waals surface area contributed by atoms with Crippen molar-refractivity contribution in [3.63, 3.8) is 0 Å². The summed E-state index contributed by atoms with van der Waals surface area (Å²) in [6.45, 7) is 0. The summed E-state index contributed by atoms with van der Waals surface area (Å²) in [7, 11) is 0. The third kappa shape index (κ3) is 2.62. The molecule has 3 heteroatoms. The molecule has 3 nitrogen and oxygen atoms in total. The van der Waals surface area contributed by atoms with E-state index in [0.29, 0.717) is 11.5 Å². The van der Waals surface area contributed by atoms with Crippen molar-refractivity contribution in [1.82, 2.24) is 4.40 Å². The van der Waals surface area contributed by atoms with Crippen LogP contribution in [0.25, 0.3) is 22.4 Å². The second-order valence-electron chi connectivity index (χ2n) is 7.99. The molecule has 0 amide bonds. The number of fused-ring (bicyclic) bond motifs is 6. The van der Waals surface area contributed by atoms with Gasteiger partial charge in [0.15, 0.2) is 0 Å². The smallest absolute Gasteiger partial charge is 0.360 e. The van der Waals surface area contributed by atoms with Gasteiger partial charge in [0.1, 0.15) is 11.5 Å². The number of aromatic nitrogens is 1. The van der Waals surface area contributed by atoms with E-state index in [1.807, 2.05) is 40.9 Å². The zero-order valence-corrected chi connectivity index (χ0v) is 16.6. The molecule has 0 N–H and O–H groups in total. The van der Waals surface area contributed by atoms with Gasteiger partial charge in [-0.3, -0.25) is 0 Å². The molecule has 2 aliphatic rings. The number of carbonyl (C=O) groups is 1. The topological polar surface area (TPSA) is 30.7 Å². The Balaban J connectivity index is 1.37. The average molecular weight is 391 g/mol. The molecular weight excluding hydrogens is 370 g/mol. The SMILES string of the molecule is O=C(OC1=CCCc2c1ccc1c2CCc2ccccc2-1)c1ccc2ccccn12. The lowest BCUT2D eigenvalue weighted by molar-refractivity contribution is 0.0683. The van der Waals surface area contributed by atoms with Crippen molar-refractivity contribution in [1.29, 1.82) is 0 Å². The largest absolute Gasteiger partial charge is 0.422 e. The molecule has 0 spiro atoms. The summed E-state index contributed by atoms with van der Waals surface area (Å²) in [5.74, 6) is 0.372. The summed E-state index contributed by atoms with van der Waals surface area (Å²) in [6.07, 6.45) is 7.94. The molecule has 0 saturated heterocycles. The number of aryl methyl sites for hydroxylation is 1. The predicted octanol–water partition coefficient (Wildman–Crippen LogP) is 5.85. The molecule has 2 aliphatic carbocycles. The number of hydrogen-bond donors (Lipinski definition) is 0. The molecule has 0 aliphatic heterocycles. The van der Waals surface area contributed by atoms with Crippen LogP contribution in [0.5, 0.6) is 0 Å². The molecule has 0 radical (unpaired) electrons. The van der Waals surface area contributed by atoms with Crippen molar-refractivity contribution >= 4 is 17.2 Å². The first-order valence-electron chi connectivity index (χ1n) is 10.5. The Kier molecular flexibility index (Phi) is 3.88. The maximum absolute atomic E-state index is 13.0. The molecule has 2 aromatic heterocycles. The van der Waals surface area contributed by atoms with E-state index in [1.165, 1.54) is 27.8 Å². The monoisotopic (exact) mass is 391 g/mol. The molecule has 2 aromatic carbocycles. The third-order valence-corrected chi connectivity index (χ3v) is 6.35. The molecule has 4 aromatic rings. The summed E-state index contributed by atoms with van der Waals surface area (Å²) in [5.41, 5.74) is 9.45. The van der Waals surface area contributed by atoms with E-state index in [-0.39, 0.29) is 5.97 Å². The molecule has 6 rings (SSSR count). The fraction of sp³-hybridized carbons (Fsp3) is 0.148.